The lowest BCUT2D eigenvalue weighted by Gasteiger charge is -2.14. The molecule has 0 bridgehead atoms. The molecule has 20 heavy (non-hydrogen) atoms. The van der Waals surface area contributed by atoms with Gasteiger partial charge in [-0.3, -0.25) is 0 Å². The van der Waals surface area contributed by atoms with E-state index in [1.165, 1.54) is 18.9 Å². The van der Waals surface area contributed by atoms with Crippen LogP contribution in [0, 0.1) is 5.82 Å². The number of hydrogen-bond donors (Lipinski definition) is 2. The normalized spacial score (nSPS) is 12.4. The van der Waals surface area contributed by atoms with E-state index in [1.54, 1.807) is 12.1 Å². The second kappa shape index (κ2) is 9.97. The monoisotopic (exact) mass is 303 g/mol. The van der Waals surface area contributed by atoms with Crippen LogP contribution >= 0.6 is 11.6 Å². The number of benzene rings is 1. The van der Waals surface area contributed by atoms with Gasteiger partial charge in [-0.2, -0.15) is 0 Å². The molecule has 1 rings (SSSR count). The first-order chi connectivity index (χ1) is 9.65. The minimum Gasteiger partial charge on any atom is -0.389 e. The van der Waals surface area contributed by atoms with Gasteiger partial charge in [0, 0.05) is 13.2 Å². The molecule has 0 saturated carbocycles. The second-order valence-corrected chi connectivity index (χ2v) is 5.18. The highest BCUT2D eigenvalue weighted by molar-refractivity contribution is 6.31. The Kier molecular flexibility index (Phi) is 8.58. The zero-order valence-corrected chi connectivity index (χ0v) is 12.6. The van der Waals surface area contributed by atoms with Crippen LogP contribution in [0.1, 0.15) is 32.6 Å². The maximum atomic E-state index is 13.6. The smallest absolute Gasteiger partial charge is 0.164 e. The standard InChI is InChI=1S/C15H23ClFNO2/c1-2-3-4-5-9-20-11-12(19)10-18-14-8-6-7-13(16)15(14)17/h6-8,12,18-19H,2-5,9-11H2,1H3. The molecule has 0 saturated heterocycles. The van der Waals surface area contributed by atoms with E-state index in [-0.39, 0.29) is 18.2 Å². The van der Waals surface area contributed by atoms with Crippen molar-refractivity contribution in [2.24, 2.45) is 0 Å². The Labute approximate surface area is 125 Å². The molecule has 0 aliphatic carbocycles. The van der Waals surface area contributed by atoms with Gasteiger partial charge >= 0.3 is 0 Å². The number of aliphatic hydroxyl groups is 1. The van der Waals surface area contributed by atoms with Gasteiger partial charge in [0.25, 0.3) is 0 Å². The summed E-state index contributed by atoms with van der Waals surface area (Å²) >= 11 is 5.67. The quantitative estimate of drug-likeness (QED) is 0.645. The van der Waals surface area contributed by atoms with E-state index in [0.29, 0.717) is 12.3 Å². The van der Waals surface area contributed by atoms with Crippen molar-refractivity contribution in [3.63, 3.8) is 0 Å². The Morgan fingerprint density at radius 3 is 2.90 bits per heavy atom. The number of halogens is 2. The van der Waals surface area contributed by atoms with Crippen LogP contribution in [-0.4, -0.2) is 31.0 Å². The zero-order valence-electron chi connectivity index (χ0n) is 11.9. The lowest BCUT2D eigenvalue weighted by molar-refractivity contribution is 0.0416. The van der Waals surface area contributed by atoms with Gasteiger partial charge < -0.3 is 15.2 Å². The first-order valence-electron chi connectivity index (χ1n) is 7.08. The number of rotatable bonds is 10. The summed E-state index contributed by atoms with van der Waals surface area (Å²) in [4.78, 5) is 0. The summed E-state index contributed by atoms with van der Waals surface area (Å²) in [6.07, 6.45) is 3.90. The van der Waals surface area contributed by atoms with E-state index in [4.69, 9.17) is 16.3 Å². The Balaban J connectivity index is 2.16. The molecule has 3 nitrogen and oxygen atoms in total. The topological polar surface area (TPSA) is 41.5 Å². The van der Waals surface area contributed by atoms with Gasteiger partial charge in [0.15, 0.2) is 5.82 Å². The van der Waals surface area contributed by atoms with Crippen LogP contribution in [-0.2, 0) is 4.74 Å². The lowest BCUT2D eigenvalue weighted by atomic mass is 10.2. The van der Waals surface area contributed by atoms with Gasteiger partial charge in [0.05, 0.1) is 23.4 Å². The van der Waals surface area contributed by atoms with Crippen LogP contribution in [0.3, 0.4) is 0 Å². The van der Waals surface area contributed by atoms with Gasteiger partial charge in [-0.1, -0.05) is 43.9 Å². The molecule has 1 aromatic rings. The fraction of sp³-hybridized carbons (Fsp3) is 0.600. The number of aliphatic hydroxyl groups excluding tert-OH is 1. The maximum Gasteiger partial charge on any atom is 0.164 e. The maximum absolute atomic E-state index is 13.6. The molecule has 5 heteroatoms. The summed E-state index contributed by atoms with van der Waals surface area (Å²) < 4.78 is 18.9. The highest BCUT2D eigenvalue weighted by Gasteiger charge is 2.08. The summed E-state index contributed by atoms with van der Waals surface area (Å²) in [6.45, 7) is 3.29. The van der Waals surface area contributed by atoms with Crippen LogP contribution < -0.4 is 5.32 Å². The Bertz CT molecular complexity index is 390. The van der Waals surface area contributed by atoms with Crippen molar-refractivity contribution in [2.45, 2.75) is 38.7 Å². The van der Waals surface area contributed by atoms with E-state index >= 15 is 0 Å². The zero-order chi connectivity index (χ0) is 14.8. The molecule has 1 atom stereocenters. The second-order valence-electron chi connectivity index (χ2n) is 4.77. The van der Waals surface area contributed by atoms with Crippen LogP contribution in [0.2, 0.25) is 5.02 Å². The largest absolute Gasteiger partial charge is 0.389 e. The van der Waals surface area contributed by atoms with Crippen LogP contribution in [0.15, 0.2) is 18.2 Å². The van der Waals surface area contributed by atoms with E-state index in [1.807, 2.05) is 0 Å². The van der Waals surface area contributed by atoms with Crippen molar-refractivity contribution >= 4 is 17.3 Å². The average molecular weight is 304 g/mol. The molecule has 1 aromatic carbocycles. The van der Waals surface area contributed by atoms with Crippen LogP contribution in [0.5, 0.6) is 0 Å². The summed E-state index contributed by atoms with van der Waals surface area (Å²) in [6, 6.07) is 4.72. The molecule has 0 aliphatic heterocycles. The highest BCUT2D eigenvalue weighted by Crippen LogP contribution is 2.21. The fourth-order valence-electron chi connectivity index (χ4n) is 1.78. The molecule has 0 heterocycles. The minimum atomic E-state index is -0.667. The van der Waals surface area contributed by atoms with Gasteiger partial charge in [-0.05, 0) is 18.6 Å². The van der Waals surface area contributed by atoms with Gasteiger partial charge in [0.2, 0.25) is 0 Å². The minimum absolute atomic E-state index is 0.0664. The van der Waals surface area contributed by atoms with Crippen LogP contribution in [0.4, 0.5) is 10.1 Å². The van der Waals surface area contributed by atoms with Crippen molar-refractivity contribution in [3.05, 3.63) is 29.0 Å². The van der Waals surface area contributed by atoms with Crippen molar-refractivity contribution in [2.75, 3.05) is 25.1 Å². The van der Waals surface area contributed by atoms with Crippen molar-refractivity contribution in [1.29, 1.82) is 0 Å². The van der Waals surface area contributed by atoms with Gasteiger partial charge in [0.1, 0.15) is 0 Å². The predicted octanol–water partition coefficient (Wildman–Crippen LogP) is 3.85. The van der Waals surface area contributed by atoms with E-state index in [2.05, 4.69) is 12.2 Å². The summed E-state index contributed by atoms with van der Waals surface area (Å²) in [5.74, 6) is -0.498. The van der Waals surface area contributed by atoms with Crippen molar-refractivity contribution in [1.82, 2.24) is 0 Å². The Morgan fingerprint density at radius 1 is 1.35 bits per heavy atom. The highest BCUT2D eigenvalue weighted by atomic mass is 35.5. The number of nitrogens with one attached hydrogen (secondary N) is 1. The lowest BCUT2D eigenvalue weighted by Crippen LogP contribution is -2.25. The van der Waals surface area contributed by atoms with Crippen molar-refractivity contribution in [3.8, 4) is 0 Å². The van der Waals surface area contributed by atoms with E-state index in [9.17, 15) is 9.50 Å². The molecule has 0 aliphatic rings. The van der Waals surface area contributed by atoms with E-state index < -0.39 is 11.9 Å². The first kappa shape index (κ1) is 17.2. The Hall–Kier alpha value is -0.840. The fourth-order valence-corrected chi connectivity index (χ4v) is 1.95. The first-order valence-corrected chi connectivity index (χ1v) is 7.46. The predicted molar refractivity (Wildman–Crippen MR) is 80.9 cm³/mol. The van der Waals surface area contributed by atoms with Crippen LogP contribution in [0.25, 0.3) is 0 Å². The summed E-state index contributed by atoms with van der Waals surface area (Å²) in [5.41, 5.74) is 0.291. The molecular weight excluding hydrogens is 281 g/mol. The molecule has 0 aromatic heterocycles. The number of hydrogen-bond acceptors (Lipinski definition) is 3. The Morgan fingerprint density at radius 2 is 2.15 bits per heavy atom. The number of ether oxygens (including phenoxy) is 1. The molecule has 114 valence electrons. The average Bonchev–Trinajstić information content (AvgIpc) is 2.44. The van der Waals surface area contributed by atoms with Gasteiger partial charge in [-0.25, -0.2) is 4.39 Å². The summed E-state index contributed by atoms with van der Waals surface area (Å²) in [7, 11) is 0. The molecular formula is C15H23ClFNO2. The van der Waals surface area contributed by atoms with Crippen molar-refractivity contribution < 1.29 is 14.2 Å². The third kappa shape index (κ3) is 6.55. The van der Waals surface area contributed by atoms with E-state index in [0.717, 1.165) is 12.8 Å². The number of anilines is 1. The molecule has 0 spiro atoms. The summed E-state index contributed by atoms with van der Waals surface area (Å²) in [5, 5.41) is 12.6. The number of unbranched alkanes of at least 4 members (excludes halogenated alkanes) is 3. The third-order valence-electron chi connectivity index (χ3n) is 2.93. The third-order valence-corrected chi connectivity index (χ3v) is 3.22. The molecule has 1 unspecified atom stereocenters. The van der Waals surface area contributed by atoms with Gasteiger partial charge in [-0.15, -0.1) is 0 Å². The SMILES string of the molecule is CCCCCCOCC(O)CNc1cccc(Cl)c1F. The molecule has 0 radical (unpaired) electrons. The molecule has 0 fully saturated rings. The molecule has 2 N–H and O–H groups in total. The molecule has 0 amide bonds.